The van der Waals surface area contributed by atoms with Gasteiger partial charge in [0.15, 0.2) is 0 Å². The summed E-state index contributed by atoms with van der Waals surface area (Å²) in [6.45, 7) is 7.65. The average molecular weight is 277 g/mol. The van der Waals surface area contributed by atoms with Crippen molar-refractivity contribution in [2.45, 2.75) is 46.1 Å². The minimum Gasteiger partial charge on any atom is -0.466 e. The van der Waals surface area contributed by atoms with Crippen LogP contribution in [0, 0.1) is 5.92 Å². The molecule has 0 spiro atoms. The number of rotatable bonds is 9. The molecule has 0 aromatic heterocycles. The van der Waals surface area contributed by atoms with Gasteiger partial charge < -0.3 is 10.1 Å². The lowest BCUT2D eigenvalue weighted by atomic mass is 10.0. The minimum atomic E-state index is -0.120. The van der Waals surface area contributed by atoms with E-state index in [1.54, 1.807) is 0 Å². The SMILES string of the molecule is CCOC(=O)CC(Cc1ccccc1)NCCC(C)C. The van der Waals surface area contributed by atoms with Crippen molar-refractivity contribution >= 4 is 5.97 Å². The topological polar surface area (TPSA) is 38.3 Å². The molecule has 1 N–H and O–H groups in total. The zero-order valence-electron chi connectivity index (χ0n) is 12.9. The first kappa shape index (κ1) is 16.7. The molecule has 1 aromatic carbocycles. The highest BCUT2D eigenvalue weighted by molar-refractivity contribution is 5.70. The van der Waals surface area contributed by atoms with Gasteiger partial charge in [0, 0.05) is 6.04 Å². The lowest BCUT2D eigenvalue weighted by Gasteiger charge is -2.19. The summed E-state index contributed by atoms with van der Waals surface area (Å²) < 4.78 is 5.06. The van der Waals surface area contributed by atoms with Crippen LogP contribution in [0.4, 0.5) is 0 Å². The molecular weight excluding hydrogens is 250 g/mol. The summed E-state index contributed by atoms with van der Waals surface area (Å²) in [7, 11) is 0. The maximum atomic E-state index is 11.7. The molecule has 0 heterocycles. The zero-order chi connectivity index (χ0) is 14.8. The van der Waals surface area contributed by atoms with Crippen molar-refractivity contribution in [1.82, 2.24) is 5.32 Å². The summed E-state index contributed by atoms with van der Waals surface area (Å²) in [4.78, 5) is 11.7. The number of ether oxygens (including phenoxy) is 1. The zero-order valence-corrected chi connectivity index (χ0v) is 12.9. The van der Waals surface area contributed by atoms with E-state index >= 15 is 0 Å². The normalized spacial score (nSPS) is 12.4. The van der Waals surface area contributed by atoms with Gasteiger partial charge in [-0.25, -0.2) is 0 Å². The summed E-state index contributed by atoms with van der Waals surface area (Å²) in [6.07, 6.45) is 2.41. The fourth-order valence-electron chi connectivity index (χ4n) is 2.11. The molecule has 0 aliphatic rings. The van der Waals surface area contributed by atoms with E-state index in [0.717, 1.165) is 19.4 Å². The molecule has 3 nitrogen and oxygen atoms in total. The number of esters is 1. The smallest absolute Gasteiger partial charge is 0.307 e. The van der Waals surface area contributed by atoms with Crippen molar-refractivity contribution in [2.24, 2.45) is 5.92 Å². The Balaban J connectivity index is 2.51. The molecule has 1 atom stereocenters. The number of benzene rings is 1. The van der Waals surface area contributed by atoms with Gasteiger partial charge in [-0.3, -0.25) is 4.79 Å². The number of carbonyl (C=O) groups excluding carboxylic acids is 1. The maximum absolute atomic E-state index is 11.7. The molecule has 0 aliphatic heterocycles. The molecule has 0 saturated carbocycles. The summed E-state index contributed by atoms with van der Waals surface area (Å²) in [6, 6.07) is 10.4. The third kappa shape index (κ3) is 7.29. The van der Waals surface area contributed by atoms with Gasteiger partial charge in [-0.15, -0.1) is 0 Å². The number of carbonyl (C=O) groups is 1. The van der Waals surface area contributed by atoms with E-state index in [2.05, 4.69) is 31.3 Å². The minimum absolute atomic E-state index is 0.120. The second-order valence-electron chi connectivity index (χ2n) is 5.53. The standard InChI is InChI=1S/C17H27NO2/c1-4-20-17(19)13-16(18-11-10-14(2)3)12-15-8-6-5-7-9-15/h5-9,14,16,18H,4,10-13H2,1-3H3. The molecular formula is C17H27NO2. The van der Waals surface area contributed by atoms with E-state index < -0.39 is 0 Å². The van der Waals surface area contributed by atoms with Gasteiger partial charge in [0.05, 0.1) is 13.0 Å². The molecule has 1 aromatic rings. The molecule has 20 heavy (non-hydrogen) atoms. The second kappa shape index (κ2) is 9.54. The van der Waals surface area contributed by atoms with Crippen molar-refractivity contribution in [3.8, 4) is 0 Å². The van der Waals surface area contributed by atoms with Gasteiger partial charge in [-0.2, -0.15) is 0 Å². The molecule has 0 amide bonds. The molecule has 0 saturated heterocycles. The molecule has 3 heteroatoms. The Labute approximate surface area is 122 Å². The lowest BCUT2D eigenvalue weighted by Crippen LogP contribution is -2.35. The summed E-state index contributed by atoms with van der Waals surface area (Å²) in [5, 5.41) is 3.49. The van der Waals surface area contributed by atoms with Crippen molar-refractivity contribution < 1.29 is 9.53 Å². The van der Waals surface area contributed by atoms with Gasteiger partial charge in [-0.1, -0.05) is 44.2 Å². The fourth-order valence-corrected chi connectivity index (χ4v) is 2.11. The quantitative estimate of drug-likeness (QED) is 0.705. The van der Waals surface area contributed by atoms with E-state index in [-0.39, 0.29) is 12.0 Å². The van der Waals surface area contributed by atoms with Crippen LogP contribution in [0.25, 0.3) is 0 Å². The predicted octanol–water partition coefficient (Wildman–Crippen LogP) is 3.19. The fraction of sp³-hybridized carbons (Fsp3) is 0.588. The van der Waals surface area contributed by atoms with Crippen LogP contribution in [-0.4, -0.2) is 25.2 Å². The van der Waals surface area contributed by atoms with Crippen LogP contribution in [-0.2, 0) is 16.0 Å². The van der Waals surface area contributed by atoms with Gasteiger partial charge in [0.1, 0.15) is 0 Å². The monoisotopic (exact) mass is 277 g/mol. The van der Waals surface area contributed by atoms with Crippen molar-refractivity contribution in [1.29, 1.82) is 0 Å². The first-order valence-corrected chi connectivity index (χ1v) is 7.54. The van der Waals surface area contributed by atoms with Crippen molar-refractivity contribution in [3.05, 3.63) is 35.9 Å². The Morgan fingerprint density at radius 2 is 1.95 bits per heavy atom. The molecule has 0 aliphatic carbocycles. The Morgan fingerprint density at radius 3 is 2.55 bits per heavy atom. The predicted molar refractivity (Wildman–Crippen MR) is 82.6 cm³/mol. The number of hydrogen-bond acceptors (Lipinski definition) is 3. The highest BCUT2D eigenvalue weighted by Gasteiger charge is 2.15. The van der Waals surface area contributed by atoms with Crippen LogP contribution in [0.1, 0.15) is 39.2 Å². The average Bonchev–Trinajstić information content (AvgIpc) is 2.39. The van der Waals surface area contributed by atoms with Gasteiger partial charge in [-0.05, 0) is 37.8 Å². The molecule has 112 valence electrons. The molecule has 1 rings (SSSR count). The Morgan fingerprint density at radius 1 is 1.25 bits per heavy atom. The van der Waals surface area contributed by atoms with E-state index in [4.69, 9.17) is 4.74 Å². The maximum Gasteiger partial charge on any atom is 0.307 e. The van der Waals surface area contributed by atoms with Crippen molar-refractivity contribution in [2.75, 3.05) is 13.2 Å². The van der Waals surface area contributed by atoms with Crippen LogP contribution in [0.2, 0.25) is 0 Å². The molecule has 1 unspecified atom stereocenters. The first-order chi connectivity index (χ1) is 9.61. The molecule has 0 radical (unpaired) electrons. The van der Waals surface area contributed by atoms with Crippen LogP contribution in [0.5, 0.6) is 0 Å². The largest absolute Gasteiger partial charge is 0.466 e. The molecule has 0 bridgehead atoms. The van der Waals surface area contributed by atoms with Gasteiger partial charge in [0.25, 0.3) is 0 Å². The summed E-state index contributed by atoms with van der Waals surface area (Å²) in [5.74, 6) is 0.549. The van der Waals surface area contributed by atoms with Crippen LogP contribution >= 0.6 is 0 Å². The third-order valence-electron chi connectivity index (χ3n) is 3.20. The van der Waals surface area contributed by atoms with Gasteiger partial charge in [0.2, 0.25) is 0 Å². The van der Waals surface area contributed by atoms with Gasteiger partial charge >= 0.3 is 5.97 Å². The lowest BCUT2D eigenvalue weighted by molar-refractivity contribution is -0.143. The van der Waals surface area contributed by atoms with E-state index in [0.29, 0.717) is 18.9 Å². The van der Waals surface area contributed by atoms with Crippen LogP contribution < -0.4 is 5.32 Å². The van der Waals surface area contributed by atoms with E-state index in [9.17, 15) is 4.79 Å². The van der Waals surface area contributed by atoms with Crippen LogP contribution in [0.15, 0.2) is 30.3 Å². The van der Waals surface area contributed by atoms with Crippen LogP contribution in [0.3, 0.4) is 0 Å². The van der Waals surface area contributed by atoms with E-state index in [1.165, 1.54) is 5.56 Å². The molecule has 0 fully saturated rings. The number of hydrogen-bond donors (Lipinski definition) is 1. The summed E-state index contributed by atoms with van der Waals surface area (Å²) in [5.41, 5.74) is 1.25. The second-order valence-corrected chi connectivity index (χ2v) is 5.53. The summed E-state index contributed by atoms with van der Waals surface area (Å²) >= 11 is 0. The Kier molecular flexibility index (Phi) is 7.97. The first-order valence-electron chi connectivity index (χ1n) is 7.54. The number of nitrogens with one attached hydrogen (secondary N) is 1. The Bertz CT molecular complexity index is 376. The highest BCUT2D eigenvalue weighted by atomic mass is 16.5. The third-order valence-corrected chi connectivity index (χ3v) is 3.20. The van der Waals surface area contributed by atoms with Crippen molar-refractivity contribution in [3.63, 3.8) is 0 Å². The Hall–Kier alpha value is -1.35. The highest BCUT2D eigenvalue weighted by Crippen LogP contribution is 2.08. The van der Waals surface area contributed by atoms with E-state index in [1.807, 2.05) is 25.1 Å².